The molecule has 2 N–H and O–H groups in total. The van der Waals surface area contributed by atoms with Crippen molar-refractivity contribution in [3.63, 3.8) is 0 Å². The van der Waals surface area contributed by atoms with Crippen molar-refractivity contribution in [3.8, 4) is 17.1 Å². The number of aromatic nitrogens is 3. The van der Waals surface area contributed by atoms with Crippen LogP contribution in [0, 0.1) is 6.92 Å². The number of benzene rings is 1. The Bertz CT molecular complexity index is 898. The fourth-order valence-electron chi connectivity index (χ4n) is 2.17. The normalized spacial score (nSPS) is 11.4. The Labute approximate surface area is 141 Å². The van der Waals surface area contributed by atoms with Gasteiger partial charge >= 0.3 is 6.18 Å². The Morgan fingerprint density at radius 1 is 1.08 bits per heavy atom. The Kier molecular flexibility index (Phi) is 4.26. The second kappa shape index (κ2) is 6.39. The highest BCUT2D eigenvalue weighted by atomic mass is 19.4. The number of phenols is 1. The van der Waals surface area contributed by atoms with Gasteiger partial charge in [-0.05, 0) is 36.8 Å². The lowest BCUT2D eigenvalue weighted by molar-refractivity contribution is -0.141. The minimum Gasteiger partial charge on any atom is -0.506 e. The topological polar surface area (TPSA) is 70.9 Å². The van der Waals surface area contributed by atoms with Gasteiger partial charge in [-0.15, -0.1) is 0 Å². The zero-order valence-corrected chi connectivity index (χ0v) is 13.0. The SMILES string of the molecule is Cc1ccc(O)c(Nc2cc(C(F)(F)F)nc(-c3cccnc3)n2)c1. The molecule has 0 fully saturated rings. The Balaban J connectivity index is 2.08. The first-order chi connectivity index (χ1) is 11.8. The van der Waals surface area contributed by atoms with E-state index in [0.717, 1.165) is 11.6 Å². The van der Waals surface area contributed by atoms with E-state index in [0.29, 0.717) is 5.56 Å². The molecule has 5 nitrogen and oxygen atoms in total. The number of nitrogens with zero attached hydrogens (tertiary/aromatic N) is 3. The van der Waals surface area contributed by atoms with Crippen LogP contribution in [-0.4, -0.2) is 20.1 Å². The summed E-state index contributed by atoms with van der Waals surface area (Å²) in [6.07, 6.45) is -1.75. The molecule has 25 heavy (non-hydrogen) atoms. The molecule has 0 bridgehead atoms. The van der Waals surface area contributed by atoms with Crippen molar-refractivity contribution in [2.45, 2.75) is 13.1 Å². The van der Waals surface area contributed by atoms with E-state index < -0.39 is 11.9 Å². The van der Waals surface area contributed by atoms with Crippen molar-refractivity contribution in [1.29, 1.82) is 0 Å². The van der Waals surface area contributed by atoms with Crippen LogP contribution in [0.2, 0.25) is 0 Å². The molecule has 128 valence electrons. The van der Waals surface area contributed by atoms with Gasteiger partial charge in [0.15, 0.2) is 11.5 Å². The van der Waals surface area contributed by atoms with Crippen LogP contribution < -0.4 is 5.32 Å². The predicted molar refractivity (Wildman–Crippen MR) is 86.4 cm³/mol. The smallest absolute Gasteiger partial charge is 0.433 e. The first-order valence-electron chi connectivity index (χ1n) is 7.26. The summed E-state index contributed by atoms with van der Waals surface area (Å²) >= 11 is 0. The van der Waals surface area contributed by atoms with Gasteiger partial charge in [0, 0.05) is 24.0 Å². The van der Waals surface area contributed by atoms with E-state index in [1.807, 2.05) is 0 Å². The number of aromatic hydroxyl groups is 1. The molecule has 0 radical (unpaired) electrons. The highest BCUT2D eigenvalue weighted by Gasteiger charge is 2.34. The third-order valence-corrected chi connectivity index (χ3v) is 3.35. The number of nitrogens with one attached hydrogen (secondary N) is 1. The van der Waals surface area contributed by atoms with Crippen LogP contribution in [0.1, 0.15) is 11.3 Å². The van der Waals surface area contributed by atoms with Crippen LogP contribution in [0.3, 0.4) is 0 Å². The summed E-state index contributed by atoms with van der Waals surface area (Å²) in [5.41, 5.74) is 0.350. The summed E-state index contributed by atoms with van der Waals surface area (Å²) in [6.45, 7) is 1.80. The van der Waals surface area contributed by atoms with E-state index >= 15 is 0 Å². The third-order valence-electron chi connectivity index (χ3n) is 3.35. The van der Waals surface area contributed by atoms with E-state index in [9.17, 15) is 18.3 Å². The van der Waals surface area contributed by atoms with E-state index in [1.165, 1.54) is 18.5 Å². The second-order valence-electron chi connectivity index (χ2n) is 5.35. The van der Waals surface area contributed by atoms with Gasteiger partial charge < -0.3 is 10.4 Å². The van der Waals surface area contributed by atoms with Crippen molar-refractivity contribution in [2.75, 3.05) is 5.32 Å². The second-order valence-corrected chi connectivity index (χ2v) is 5.35. The number of halogens is 3. The molecule has 3 aromatic rings. The number of aryl methyl sites for hydroxylation is 1. The van der Waals surface area contributed by atoms with Crippen molar-refractivity contribution >= 4 is 11.5 Å². The van der Waals surface area contributed by atoms with E-state index in [1.54, 1.807) is 31.2 Å². The average Bonchev–Trinajstić information content (AvgIpc) is 2.58. The maximum absolute atomic E-state index is 13.2. The highest BCUT2D eigenvalue weighted by Crippen LogP contribution is 2.33. The standard InChI is InChI=1S/C17H13F3N4O/c1-10-4-5-13(25)12(7-10)22-15-8-14(17(18,19)20)23-16(24-15)11-3-2-6-21-9-11/h2-9,25H,1H3,(H,22,23,24). The fourth-order valence-corrected chi connectivity index (χ4v) is 2.17. The fraction of sp³-hybridized carbons (Fsp3) is 0.118. The van der Waals surface area contributed by atoms with Crippen molar-refractivity contribution in [3.05, 3.63) is 60.0 Å². The summed E-state index contributed by atoms with van der Waals surface area (Å²) in [4.78, 5) is 11.6. The summed E-state index contributed by atoms with van der Waals surface area (Å²) in [7, 11) is 0. The number of phenolic OH excluding ortho intramolecular Hbond substituents is 1. The van der Waals surface area contributed by atoms with Gasteiger partial charge in [0.2, 0.25) is 0 Å². The maximum Gasteiger partial charge on any atom is 0.433 e. The van der Waals surface area contributed by atoms with Gasteiger partial charge in [-0.3, -0.25) is 4.98 Å². The maximum atomic E-state index is 13.2. The van der Waals surface area contributed by atoms with E-state index in [4.69, 9.17) is 0 Å². The lowest BCUT2D eigenvalue weighted by atomic mass is 10.2. The van der Waals surface area contributed by atoms with Gasteiger partial charge in [-0.25, -0.2) is 9.97 Å². The van der Waals surface area contributed by atoms with E-state index in [-0.39, 0.29) is 23.1 Å². The minimum absolute atomic E-state index is 0.0814. The first kappa shape index (κ1) is 16.7. The summed E-state index contributed by atoms with van der Waals surface area (Å²) in [6, 6.07) is 8.68. The van der Waals surface area contributed by atoms with Gasteiger partial charge in [0.25, 0.3) is 0 Å². The molecular formula is C17H13F3N4O. The van der Waals surface area contributed by atoms with Crippen molar-refractivity contribution < 1.29 is 18.3 Å². The summed E-state index contributed by atoms with van der Waals surface area (Å²) in [5, 5.41) is 12.6. The molecule has 0 unspecified atom stereocenters. The molecule has 2 aromatic heterocycles. The van der Waals surface area contributed by atoms with Gasteiger partial charge in [0.05, 0.1) is 5.69 Å². The van der Waals surface area contributed by atoms with Gasteiger partial charge in [0.1, 0.15) is 11.6 Å². The van der Waals surface area contributed by atoms with Crippen LogP contribution in [0.4, 0.5) is 24.7 Å². The van der Waals surface area contributed by atoms with Crippen LogP contribution in [0.15, 0.2) is 48.8 Å². The minimum atomic E-state index is -4.63. The van der Waals surface area contributed by atoms with E-state index in [2.05, 4.69) is 20.3 Å². The largest absolute Gasteiger partial charge is 0.506 e. The lowest BCUT2D eigenvalue weighted by Gasteiger charge is -2.13. The molecule has 0 aliphatic rings. The first-order valence-corrected chi connectivity index (χ1v) is 7.26. The number of pyridine rings is 1. The molecule has 0 atom stereocenters. The van der Waals surface area contributed by atoms with Gasteiger partial charge in [-0.1, -0.05) is 6.07 Å². The van der Waals surface area contributed by atoms with Crippen LogP contribution >= 0.6 is 0 Å². The Hall–Kier alpha value is -3.16. The predicted octanol–water partition coefficient (Wildman–Crippen LogP) is 4.32. The van der Waals surface area contributed by atoms with Crippen LogP contribution in [0.25, 0.3) is 11.4 Å². The molecule has 0 saturated carbocycles. The van der Waals surface area contributed by atoms with Crippen LogP contribution in [-0.2, 0) is 6.18 Å². The third kappa shape index (κ3) is 3.85. The monoisotopic (exact) mass is 346 g/mol. The van der Waals surface area contributed by atoms with Gasteiger partial charge in [-0.2, -0.15) is 13.2 Å². The molecule has 1 aromatic carbocycles. The molecule has 8 heteroatoms. The lowest BCUT2D eigenvalue weighted by Crippen LogP contribution is -2.11. The summed E-state index contributed by atoms with van der Waals surface area (Å²) in [5.74, 6) is -0.291. The molecular weight excluding hydrogens is 333 g/mol. The summed E-state index contributed by atoms with van der Waals surface area (Å²) < 4.78 is 39.5. The van der Waals surface area contributed by atoms with Crippen LogP contribution in [0.5, 0.6) is 5.75 Å². The average molecular weight is 346 g/mol. The Morgan fingerprint density at radius 2 is 1.88 bits per heavy atom. The molecule has 0 spiro atoms. The molecule has 3 rings (SSSR count). The number of hydrogen-bond donors (Lipinski definition) is 2. The molecule has 0 aliphatic heterocycles. The quantitative estimate of drug-likeness (QED) is 0.691. The molecule has 2 heterocycles. The molecule has 0 saturated heterocycles. The number of hydrogen-bond acceptors (Lipinski definition) is 5. The zero-order chi connectivity index (χ0) is 18.0. The number of anilines is 2. The van der Waals surface area contributed by atoms with Crippen molar-refractivity contribution in [2.24, 2.45) is 0 Å². The molecule has 0 amide bonds. The highest BCUT2D eigenvalue weighted by molar-refractivity contribution is 5.66. The molecule has 0 aliphatic carbocycles. The zero-order valence-electron chi connectivity index (χ0n) is 13.0. The number of rotatable bonds is 3. The van der Waals surface area contributed by atoms with Crippen molar-refractivity contribution in [1.82, 2.24) is 15.0 Å². The number of alkyl halides is 3. The Morgan fingerprint density at radius 3 is 2.56 bits per heavy atom.